The van der Waals surface area contributed by atoms with E-state index in [4.69, 9.17) is 9.47 Å². The molecule has 1 aliphatic heterocycles. The lowest BCUT2D eigenvalue weighted by molar-refractivity contribution is -0.141. The van der Waals surface area contributed by atoms with Gasteiger partial charge < -0.3 is 19.6 Å². The molecule has 7 heteroatoms. The second-order valence-electron chi connectivity index (χ2n) is 7.21. The third-order valence-electron chi connectivity index (χ3n) is 5.52. The second-order valence-corrected chi connectivity index (χ2v) is 7.21. The Morgan fingerprint density at radius 1 is 1.28 bits per heavy atom. The van der Waals surface area contributed by atoms with Crippen LogP contribution in [0.3, 0.4) is 0 Å². The van der Waals surface area contributed by atoms with E-state index in [0.717, 1.165) is 32.2 Å². The van der Waals surface area contributed by atoms with E-state index < -0.39 is 0 Å². The van der Waals surface area contributed by atoms with E-state index in [0.29, 0.717) is 12.3 Å². The van der Waals surface area contributed by atoms with Gasteiger partial charge in [-0.2, -0.15) is 0 Å². The van der Waals surface area contributed by atoms with Gasteiger partial charge in [0, 0.05) is 20.8 Å². The van der Waals surface area contributed by atoms with E-state index in [2.05, 4.69) is 19.1 Å². The summed E-state index contributed by atoms with van der Waals surface area (Å²) in [7, 11) is 4.92. The summed E-state index contributed by atoms with van der Waals surface area (Å²) in [6.07, 6.45) is 3.83. The third kappa shape index (κ3) is 5.99. The van der Waals surface area contributed by atoms with Crippen molar-refractivity contribution in [3.05, 3.63) is 0 Å². The minimum atomic E-state index is -0.299. The fourth-order valence-electron chi connectivity index (χ4n) is 3.71. The molecule has 1 saturated heterocycles. The standard InChI is InChI=1S/C18H35BN2O4/c1-6-12(2)10-14(24-4)11-16(22)21-9-7-8-15(21)17(25-5)13(3)18(23)20-19/h12-15,17H,6-11,19H2,1-5H3,(H,20,23)/t12-,13?,14-,15-,17+/m0/s1. The van der Waals surface area contributed by atoms with Crippen molar-refractivity contribution in [1.82, 2.24) is 10.1 Å². The van der Waals surface area contributed by atoms with Crippen molar-refractivity contribution in [3.63, 3.8) is 0 Å². The topological polar surface area (TPSA) is 67.9 Å². The first-order valence-electron chi connectivity index (χ1n) is 9.46. The minimum Gasteiger partial charge on any atom is -0.406 e. The lowest BCUT2D eigenvalue weighted by atomic mass is 9.94. The molecular weight excluding hydrogens is 319 g/mol. The number of hydrogen-bond acceptors (Lipinski definition) is 4. The van der Waals surface area contributed by atoms with E-state index in [1.165, 1.54) is 0 Å². The molecular formula is C18H35BN2O4. The lowest BCUT2D eigenvalue weighted by Crippen LogP contribution is -2.50. The average Bonchev–Trinajstić information content (AvgIpc) is 3.10. The summed E-state index contributed by atoms with van der Waals surface area (Å²) in [5, 5.41) is 2.67. The molecule has 0 aliphatic carbocycles. The van der Waals surface area contributed by atoms with Gasteiger partial charge in [-0.25, -0.2) is 0 Å². The first kappa shape index (κ1) is 22.0. The number of rotatable bonds is 10. The average molecular weight is 354 g/mol. The van der Waals surface area contributed by atoms with Gasteiger partial charge in [0.2, 0.25) is 19.8 Å². The molecule has 0 radical (unpaired) electrons. The van der Waals surface area contributed by atoms with Crippen LogP contribution in [0.2, 0.25) is 0 Å². The molecule has 2 amide bonds. The number of likely N-dealkylation sites (tertiary alicyclic amines) is 1. The van der Waals surface area contributed by atoms with E-state index in [1.807, 2.05) is 11.8 Å². The summed E-state index contributed by atoms with van der Waals surface area (Å²) in [6, 6.07) is -0.0501. The number of carbonyl (C=O) groups is 2. The number of nitrogens with one attached hydrogen (secondary N) is 1. The summed E-state index contributed by atoms with van der Waals surface area (Å²) in [6.45, 7) is 6.92. The highest BCUT2D eigenvalue weighted by atomic mass is 16.5. The zero-order valence-electron chi connectivity index (χ0n) is 16.7. The predicted molar refractivity (Wildman–Crippen MR) is 101 cm³/mol. The zero-order chi connectivity index (χ0) is 19.0. The first-order chi connectivity index (χ1) is 11.9. The van der Waals surface area contributed by atoms with E-state index >= 15 is 0 Å². The highest BCUT2D eigenvalue weighted by Gasteiger charge is 2.39. The van der Waals surface area contributed by atoms with Crippen molar-refractivity contribution >= 4 is 19.8 Å². The number of methoxy groups -OCH3 is 2. The largest absolute Gasteiger partial charge is 0.406 e. The molecule has 0 aromatic rings. The maximum atomic E-state index is 12.9. The Morgan fingerprint density at radius 3 is 2.48 bits per heavy atom. The summed E-state index contributed by atoms with van der Waals surface area (Å²) < 4.78 is 11.2. The Bertz CT molecular complexity index is 435. The summed E-state index contributed by atoms with van der Waals surface area (Å²) in [5.41, 5.74) is 0. The summed E-state index contributed by atoms with van der Waals surface area (Å²) in [5.74, 6) is 0.278. The first-order valence-corrected chi connectivity index (χ1v) is 9.46. The highest BCUT2D eigenvalue weighted by molar-refractivity contribution is 6.14. The molecule has 0 aromatic carbocycles. The Morgan fingerprint density at radius 2 is 1.96 bits per heavy atom. The monoisotopic (exact) mass is 354 g/mol. The van der Waals surface area contributed by atoms with Gasteiger partial charge in [0.05, 0.1) is 30.6 Å². The number of carbonyl (C=O) groups excluding carboxylic acids is 2. The van der Waals surface area contributed by atoms with Crippen molar-refractivity contribution in [1.29, 1.82) is 0 Å². The van der Waals surface area contributed by atoms with Crippen LogP contribution in [0.5, 0.6) is 0 Å². The van der Waals surface area contributed by atoms with E-state index in [-0.39, 0.29) is 36.0 Å². The fraction of sp³-hybridized carbons (Fsp3) is 0.889. The van der Waals surface area contributed by atoms with Crippen molar-refractivity contribution in [2.45, 2.75) is 71.1 Å². The van der Waals surface area contributed by atoms with Crippen LogP contribution in [-0.2, 0) is 19.1 Å². The quantitative estimate of drug-likeness (QED) is 0.598. The number of ether oxygens (including phenoxy) is 2. The van der Waals surface area contributed by atoms with Gasteiger partial charge in [-0.05, 0) is 25.2 Å². The molecule has 0 saturated carbocycles. The van der Waals surface area contributed by atoms with E-state index in [9.17, 15) is 9.59 Å². The van der Waals surface area contributed by atoms with Gasteiger partial charge in [0.15, 0.2) is 0 Å². The molecule has 0 aromatic heterocycles. The van der Waals surface area contributed by atoms with Crippen LogP contribution in [0.15, 0.2) is 0 Å². The van der Waals surface area contributed by atoms with Gasteiger partial charge in [0.25, 0.3) is 0 Å². The number of nitrogens with zero attached hydrogens (tertiary/aromatic N) is 1. The maximum Gasteiger partial charge on any atom is 0.225 e. The Kier molecular flexibility index (Phi) is 9.50. The normalized spacial score (nSPS) is 22.3. The number of amides is 2. The third-order valence-corrected chi connectivity index (χ3v) is 5.52. The van der Waals surface area contributed by atoms with E-state index in [1.54, 1.807) is 22.2 Å². The van der Waals surface area contributed by atoms with Crippen molar-refractivity contribution < 1.29 is 19.1 Å². The van der Waals surface area contributed by atoms with Gasteiger partial charge >= 0.3 is 0 Å². The Hall–Kier alpha value is -1.08. The lowest BCUT2D eigenvalue weighted by Gasteiger charge is -2.34. The summed E-state index contributed by atoms with van der Waals surface area (Å²) >= 11 is 0. The fourth-order valence-corrected chi connectivity index (χ4v) is 3.71. The molecule has 5 atom stereocenters. The maximum absolute atomic E-state index is 12.9. The van der Waals surface area contributed by atoms with Gasteiger partial charge in [0.1, 0.15) is 0 Å². The van der Waals surface area contributed by atoms with Gasteiger partial charge in [-0.3, -0.25) is 9.59 Å². The van der Waals surface area contributed by atoms with Gasteiger partial charge in [-0.15, -0.1) is 0 Å². The predicted octanol–water partition coefficient (Wildman–Crippen LogP) is 1.13. The van der Waals surface area contributed by atoms with Crippen molar-refractivity contribution in [3.8, 4) is 0 Å². The highest BCUT2D eigenvalue weighted by Crippen LogP contribution is 2.28. The minimum absolute atomic E-state index is 0.0501. The molecule has 0 bridgehead atoms. The van der Waals surface area contributed by atoms with Crippen LogP contribution in [0.1, 0.15) is 52.9 Å². The molecule has 1 aliphatic rings. The molecule has 144 valence electrons. The molecule has 0 spiro atoms. The van der Waals surface area contributed by atoms with Crippen molar-refractivity contribution in [2.24, 2.45) is 11.8 Å². The molecule has 6 nitrogen and oxygen atoms in total. The van der Waals surface area contributed by atoms with Crippen LogP contribution in [-0.4, -0.2) is 63.7 Å². The van der Waals surface area contributed by atoms with Crippen LogP contribution >= 0.6 is 0 Å². The second kappa shape index (κ2) is 10.8. The SMILES string of the molecule is BNC(=O)C(C)[C@@H](OC)[C@@H]1CCCN1C(=O)C[C@H](C[C@@H](C)CC)OC. The van der Waals surface area contributed by atoms with Crippen LogP contribution in [0.4, 0.5) is 0 Å². The van der Waals surface area contributed by atoms with Crippen LogP contribution in [0.25, 0.3) is 0 Å². The van der Waals surface area contributed by atoms with Crippen LogP contribution in [0, 0.1) is 11.8 Å². The molecule has 25 heavy (non-hydrogen) atoms. The zero-order valence-corrected chi connectivity index (χ0v) is 16.7. The molecule has 1 unspecified atom stereocenters. The Balaban J connectivity index is 2.77. The van der Waals surface area contributed by atoms with Crippen LogP contribution < -0.4 is 5.23 Å². The molecule has 1 fully saturated rings. The van der Waals surface area contributed by atoms with Gasteiger partial charge in [-0.1, -0.05) is 27.2 Å². The summed E-state index contributed by atoms with van der Waals surface area (Å²) in [4.78, 5) is 26.8. The molecule has 1 heterocycles. The number of hydrogen-bond donors (Lipinski definition) is 1. The molecule has 1 N–H and O–H groups in total. The Labute approximate surface area is 153 Å². The molecule has 1 rings (SSSR count). The van der Waals surface area contributed by atoms with Crippen molar-refractivity contribution in [2.75, 3.05) is 20.8 Å². The smallest absolute Gasteiger partial charge is 0.225 e.